The lowest BCUT2D eigenvalue weighted by Crippen LogP contribution is -2.50. The monoisotopic (exact) mass is 802 g/mol. The molecule has 19 heteroatoms. The highest BCUT2D eigenvalue weighted by molar-refractivity contribution is 5.91. The number of aryl methyl sites for hydroxylation is 2. The minimum Gasteiger partial charge on any atom is -0.493 e. The van der Waals surface area contributed by atoms with Crippen LogP contribution >= 0.6 is 0 Å². The number of carbonyl (C=O) groups is 2. The summed E-state index contributed by atoms with van der Waals surface area (Å²) in [6.45, 7) is 12.5. The van der Waals surface area contributed by atoms with E-state index in [4.69, 9.17) is 4.74 Å². The number of hydrazine groups is 2. The van der Waals surface area contributed by atoms with Gasteiger partial charge in [-0.1, -0.05) is 55.8 Å². The second-order valence-electron chi connectivity index (χ2n) is 14.0. The standard InChI is InChI=1S/C21H22F3N5O2.C17H22F3N5O/c1-13-8-9-17(14(2)12-13)31-11-5-10-25-20(30)29-28-18-15-6-3-4-7-16(15)26-19(27-18)21(22,23)24;1-10(2)9-16(3,4)23-15(26)25-24-13-11-7-5-6-8-12(11)21-14(22-13)17(18,19)20/h3-4,6-9,12H,5,10-11H2,1-2H3,(H2,25,29,30)(H,26,27,28);5-8,10H,9H2,1-4H3,(H,21,22,24)(H2,23,25,26). The molecule has 0 saturated carbocycles. The minimum absolute atomic E-state index is 0.109. The van der Waals surface area contributed by atoms with Gasteiger partial charge in [0.05, 0.1) is 17.6 Å². The molecule has 0 fully saturated rings. The molecule has 5 rings (SSSR count). The summed E-state index contributed by atoms with van der Waals surface area (Å²) in [4.78, 5) is 38.1. The maximum Gasteiger partial charge on any atom is 0.451 e. The van der Waals surface area contributed by atoms with Crippen LogP contribution in [0.1, 0.15) is 63.3 Å². The molecular formula is C38H44F6N10O3. The summed E-state index contributed by atoms with van der Waals surface area (Å²) >= 11 is 0. The van der Waals surface area contributed by atoms with Gasteiger partial charge in [-0.05, 0) is 82.3 Å². The number of alkyl halides is 6. The van der Waals surface area contributed by atoms with Gasteiger partial charge in [0.1, 0.15) is 5.75 Å². The number of anilines is 2. The van der Waals surface area contributed by atoms with Crippen molar-refractivity contribution < 1.29 is 40.7 Å². The van der Waals surface area contributed by atoms with Crippen molar-refractivity contribution in [3.8, 4) is 5.75 Å². The molecule has 57 heavy (non-hydrogen) atoms. The largest absolute Gasteiger partial charge is 0.493 e. The fraction of sp³-hybridized carbons (Fsp3) is 0.368. The molecule has 0 aliphatic rings. The van der Waals surface area contributed by atoms with Crippen LogP contribution in [0.2, 0.25) is 0 Å². The zero-order valence-electron chi connectivity index (χ0n) is 32.0. The Kier molecular flexibility index (Phi) is 14.3. The Balaban J connectivity index is 0.000000257. The average molecular weight is 803 g/mol. The Morgan fingerprint density at radius 2 is 1.23 bits per heavy atom. The lowest BCUT2D eigenvalue weighted by Gasteiger charge is -2.28. The summed E-state index contributed by atoms with van der Waals surface area (Å²) in [5.41, 5.74) is 11.5. The van der Waals surface area contributed by atoms with Crippen molar-refractivity contribution in [3.63, 3.8) is 0 Å². The molecule has 0 radical (unpaired) electrons. The summed E-state index contributed by atoms with van der Waals surface area (Å²) in [7, 11) is 0. The van der Waals surface area contributed by atoms with E-state index in [9.17, 15) is 35.9 Å². The molecule has 3 aromatic carbocycles. The number of nitrogens with one attached hydrogen (secondary N) is 6. The molecule has 2 heterocycles. The average Bonchev–Trinajstić information content (AvgIpc) is 3.12. The first kappa shape index (κ1) is 43.6. The number of carbonyl (C=O) groups excluding carboxylic acids is 2. The zero-order valence-corrected chi connectivity index (χ0v) is 32.0. The fourth-order valence-corrected chi connectivity index (χ4v) is 5.70. The summed E-state index contributed by atoms with van der Waals surface area (Å²) in [5, 5.41) is 6.08. The molecule has 0 atom stereocenters. The molecule has 6 N–H and O–H groups in total. The lowest BCUT2D eigenvalue weighted by atomic mass is 9.93. The maximum absolute atomic E-state index is 13.0. The van der Waals surface area contributed by atoms with E-state index >= 15 is 0 Å². The van der Waals surface area contributed by atoms with Gasteiger partial charge in [-0.3, -0.25) is 21.7 Å². The Labute approximate surface area is 324 Å². The quantitative estimate of drug-likeness (QED) is 0.0412. The first-order chi connectivity index (χ1) is 26.7. The van der Waals surface area contributed by atoms with Crippen molar-refractivity contribution in [1.29, 1.82) is 0 Å². The summed E-state index contributed by atoms with van der Waals surface area (Å²) in [6.07, 6.45) is -8.11. The van der Waals surface area contributed by atoms with Crippen LogP contribution in [0.4, 0.5) is 47.6 Å². The third kappa shape index (κ3) is 13.2. The SMILES string of the molecule is CC(C)CC(C)(C)NC(=O)NNc1nc(C(F)(F)F)nc2ccccc12.Cc1ccc(OCCCNC(=O)NNc2nc(C(F)(F)F)nc3ccccc23)c(C)c1. The van der Waals surface area contributed by atoms with Crippen LogP contribution < -0.4 is 37.1 Å². The first-order valence-corrected chi connectivity index (χ1v) is 17.7. The molecule has 0 aliphatic heterocycles. The Bertz CT molecular complexity index is 2160. The second kappa shape index (κ2) is 18.7. The van der Waals surface area contributed by atoms with Crippen LogP contribution in [0, 0.1) is 19.8 Å². The van der Waals surface area contributed by atoms with E-state index in [-0.39, 0.29) is 22.7 Å². The fourth-order valence-electron chi connectivity index (χ4n) is 5.70. The summed E-state index contributed by atoms with van der Waals surface area (Å²) in [5.74, 6) is -1.68. The number of urea groups is 2. The highest BCUT2D eigenvalue weighted by atomic mass is 19.4. The van der Waals surface area contributed by atoms with Crippen LogP contribution in [0.15, 0.2) is 66.7 Å². The van der Waals surface area contributed by atoms with Crippen LogP contribution in [0.5, 0.6) is 5.75 Å². The van der Waals surface area contributed by atoms with E-state index in [0.29, 0.717) is 36.3 Å². The number of hydrogen-bond donors (Lipinski definition) is 6. The van der Waals surface area contributed by atoms with E-state index < -0.39 is 41.6 Å². The van der Waals surface area contributed by atoms with E-state index in [1.165, 1.54) is 12.1 Å². The smallest absolute Gasteiger partial charge is 0.451 e. The minimum atomic E-state index is -4.71. The lowest BCUT2D eigenvalue weighted by molar-refractivity contribution is -0.145. The second-order valence-corrected chi connectivity index (χ2v) is 14.0. The molecule has 4 amide bonds. The van der Waals surface area contributed by atoms with Gasteiger partial charge in [-0.15, -0.1) is 0 Å². The van der Waals surface area contributed by atoms with Gasteiger partial charge in [0.2, 0.25) is 11.6 Å². The highest BCUT2D eigenvalue weighted by Crippen LogP contribution is 2.31. The number of nitrogens with zero attached hydrogens (tertiary/aromatic N) is 4. The van der Waals surface area contributed by atoms with Gasteiger partial charge in [-0.2, -0.15) is 26.3 Å². The number of rotatable bonds is 12. The number of aromatic nitrogens is 4. The van der Waals surface area contributed by atoms with Gasteiger partial charge in [0, 0.05) is 22.9 Å². The Hall–Kier alpha value is -6.14. The molecule has 0 unspecified atom stereocenters. The predicted octanol–water partition coefficient (Wildman–Crippen LogP) is 8.46. The number of ether oxygens (including phenoxy) is 1. The van der Waals surface area contributed by atoms with E-state index in [2.05, 4.69) is 52.3 Å². The Morgan fingerprint density at radius 3 is 1.72 bits per heavy atom. The van der Waals surface area contributed by atoms with Gasteiger partial charge in [-0.25, -0.2) is 29.5 Å². The summed E-state index contributed by atoms with van der Waals surface area (Å²) < 4.78 is 83.8. The molecule has 0 aliphatic carbocycles. The molecule has 0 bridgehead atoms. The van der Waals surface area contributed by atoms with Gasteiger partial charge in [0.15, 0.2) is 11.6 Å². The van der Waals surface area contributed by atoms with Crippen molar-refractivity contribution in [3.05, 3.63) is 89.5 Å². The summed E-state index contributed by atoms with van der Waals surface area (Å²) in [6, 6.07) is 17.2. The number of para-hydroxylation sites is 2. The molecule has 2 aromatic heterocycles. The maximum atomic E-state index is 13.0. The van der Waals surface area contributed by atoms with Crippen LogP contribution in [-0.4, -0.2) is 50.7 Å². The van der Waals surface area contributed by atoms with Crippen molar-refractivity contribution in [2.24, 2.45) is 5.92 Å². The van der Waals surface area contributed by atoms with Gasteiger partial charge < -0.3 is 15.4 Å². The Morgan fingerprint density at radius 1 is 0.719 bits per heavy atom. The zero-order chi connectivity index (χ0) is 42.0. The van der Waals surface area contributed by atoms with E-state index in [0.717, 1.165) is 23.3 Å². The molecule has 0 spiro atoms. The van der Waals surface area contributed by atoms with Crippen molar-refractivity contribution in [2.75, 3.05) is 24.0 Å². The van der Waals surface area contributed by atoms with E-state index in [1.54, 1.807) is 36.4 Å². The number of amides is 4. The van der Waals surface area contributed by atoms with Gasteiger partial charge in [0.25, 0.3) is 0 Å². The number of benzene rings is 3. The van der Waals surface area contributed by atoms with Crippen molar-refractivity contribution in [1.82, 2.24) is 41.4 Å². The number of hydrogen-bond acceptors (Lipinski definition) is 9. The molecule has 0 saturated heterocycles. The third-order valence-electron chi connectivity index (χ3n) is 7.87. The highest BCUT2D eigenvalue weighted by Gasteiger charge is 2.36. The van der Waals surface area contributed by atoms with Crippen molar-refractivity contribution in [2.45, 2.75) is 72.3 Å². The van der Waals surface area contributed by atoms with Crippen LogP contribution in [0.3, 0.4) is 0 Å². The number of halogens is 6. The van der Waals surface area contributed by atoms with Crippen LogP contribution in [-0.2, 0) is 12.4 Å². The number of fused-ring (bicyclic) bond motifs is 2. The third-order valence-corrected chi connectivity index (χ3v) is 7.87. The van der Waals surface area contributed by atoms with Crippen LogP contribution in [0.25, 0.3) is 21.8 Å². The predicted molar refractivity (Wildman–Crippen MR) is 204 cm³/mol. The molecule has 5 aromatic rings. The van der Waals surface area contributed by atoms with E-state index in [1.807, 2.05) is 59.7 Å². The van der Waals surface area contributed by atoms with Gasteiger partial charge >= 0.3 is 24.4 Å². The molecule has 13 nitrogen and oxygen atoms in total. The first-order valence-electron chi connectivity index (χ1n) is 17.7. The van der Waals surface area contributed by atoms with Crippen molar-refractivity contribution >= 4 is 45.5 Å². The topological polar surface area (TPSA) is 167 Å². The normalized spacial score (nSPS) is 11.7. The molecule has 306 valence electrons. The molecular weight excluding hydrogens is 758 g/mol.